The summed E-state index contributed by atoms with van der Waals surface area (Å²) < 4.78 is 7.63. The van der Waals surface area contributed by atoms with Crippen LogP contribution < -0.4 is 10.5 Å². The summed E-state index contributed by atoms with van der Waals surface area (Å²) in [6.45, 7) is 4.58. The second-order valence-electron chi connectivity index (χ2n) is 4.16. The number of ether oxygens (including phenoxy) is 1. The fraction of sp³-hybridized carbons (Fsp3) is 0.308. The van der Waals surface area contributed by atoms with Crippen molar-refractivity contribution >= 4 is 5.82 Å². The molecule has 2 N–H and O–H groups in total. The first-order valence-electron chi connectivity index (χ1n) is 5.68. The number of anilines is 1. The minimum Gasteiger partial charge on any atom is -0.486 e. The number of hydrogen-bond acceptors (Lipinski definition) is 3. The number of rotatable bonds is 4. The van der Waals surface area contributed by atoms with Crippen molar-refractivity contribution in [3.8, 4) is 5.75 Å². The van der Waals surface area contributed by atoms with Crippen molar-refractivity contribution < 1.29 is 4.74 Å². The van der Waals surface area contributed by atoms with Crippen molar-refractivity contribution in [1.29, 1.82) is 0 Å². The number of nitrogens with two attached hydrogens (primary N) is 1. The smallest absolute Gasteiger partial charge is 0.148 e. The molecule has 0 saturated carbocycles. The zero-order valence-corrected chi connectivity index (χ0v) is 10.1. The molecule has 2 aromatic rings. The van der Waals surface area contributed by atoms with E-state index >= 15 is 0 Å². The van der Waals surface area contributed by atoms with Crippen molar-refractivity contribution in [2.75, 3.05) is 5.73 Å². The maximum absolute atomic E-state index is 5.86. The summed E-state index contributed by atoms with van der Waals surface area (Å²) in [4.78, 5) is 4.27. The van der Waals surface area contributed by atoms with Crippen molar-refractivity contribution in [2.45, 2.75) is 26.5 Å². The third-order valence-electron chi connectivity index (χ3n) is 2.53. The Kier molecular flexibility index (Phi) is 3.32. The fourth-order valence-corrected chi connectivity index (χ4v) is 1.78. The van der Waals surface area contributed by atoms with Gasteiger partial charge in [-0.25, -0.2) is 4.98 Å². The highest BCUT2D eigenvalue weighted by molar-refractivity contribution is 5.29. The molecule has 4 heteroatoms. The molecule has 0 fully saturated rings. The molecular weight excluding hydrogens is 214 g/mol. The summed E-state index contributed by atoms with van der Waals surface area (Å²) in [7, 11) is 0. The van der Waals surface area contributed by atoms with Crippen LogP contribution in [0.5, 0.6) is 5.75 Å². The SMILES string of the molecule is CC(C)n1c(N)cnc1COc1ccccc1. The van der Waals surface area contributed by atoms with Crippen LogP contribution in [-0.4, -0.2) is 9.55 Å². The summed E-state index contributed by atoms with van der Waals surface area (Å²) in [6, 6.07) is 9.97. The molecule has 0 unspecified atom stereocenters. The van der Waals surface area contributed by atoms with Gasteiger partial charge in [-0.3, -0.25) is 0 Å². The molecule has 0 saturated heterocycles. The Labute approximate surface area is 101 Å². The fourth-order valence-electron chi connectivity index (χ4n) is 1.78. The number of nitrogen functional groups attached to an aromatic ring is 1. The van der Waals surface area contributed by atoms with Crippen molar-refractivity contribution in [3.63, 3.8) is 0 Å². The highest BCUT2D eigenvalue weighted by Crippen LogP contribution is 2.17. The lowest BCUT2D eigenvalue weighted by molar-refractivity contribution is 0.287. The van der Waals surface area contributed by atoms with Crippen molar-refractivity contribution in [3.05, 3.63) is 42.4 Å². The van der Waals surface area contributed by atoms with E-state index in [9.17, 15) is 0 Å². The average Bonchev–Trinajstić information content (AvgIpc) is 2.69. The van der Waals surface area contributed by atoms with Gasteiger partial charge in [-0.1, -0.05) is 18.2 Å². The average molecular weight is 231 g/mol. The van der Waals surface area contributed by atoms with Crippen LogP contribution in [0.3, 0.4) is 0 Å². The van der Waals surface area contributed by atoms with Gasteiger partial charge in [0, 0.05) is 6.04 Å². The molecule has 0 bridgehead atoms. The predicted molar refractivity (Wildman–Crippen MR) is 67.8 cm³/mol. The monoisotopic (exact) mass is 231 g/mol. The first-order chi connectivity index (χ1) is 8.18. The topological polar surface area (TPSA) is 53.1 Å². The van der Waals surface area contributed by atoms with E-state index in [0.717, 1.165) is 11.6 Å². The maximum atomic E-state index is 5.86. The van der Waals surface area contributed by atoms with Crippen LogP contribution in [0.4, 0.5) is 5.82 Å². The van der Waals surface area contributed by atoms with Crippen molar-refractivity contribution in [1.82, 2.24) is 9.55 Å². The Bertz CT molecular complexity index is 477. The highest BCUT2D eigenvalue weighted by atomic mass is 16.5. The molecule has 1 aromatic heterocycles. The number of benzene rings is 1. The molecule has 0 aliphatic rings. The van der Waals surface area contributed by atoms with E-state index in [4.69, 9.17) is 10.5 Å². The van der Waals surface area contributed by atoms with Gasteiger partial charge in [0.05, 0.1) is 6.20 Å². The molecule has 0 atom stereocenters. The van der Waals surface area contributed by atoms with Gasteiger partial charge >= 0.3 is 0 Å². The van der Waals surface area contributed by atoms with E-state index in [0.29, 0.717) is 12.4 Å². The summed E-state index contributed by atoms with van der Waals surface area (Å²) >= 11 is 0. The quantitative estimate of drug-likeness (QED) is 0.880. The zero-order valence-electron chi connectivity index (χ0n) is 10.1. The Hall–Kier alpha value is -1.97. The van der Waals surface area contributed by atoms with Gasteiger partial charge in [0.1, 0.15) is 24.0 Å². The molecule has 2 rings (SSSR count). The second-order valence-corrected chi connectivity index (χ2v) is 4.16. The lowest BCUT2D eigenvalue weighted by Crippen LogP contribution is -2.11. The third-order valence-corrected chi connectivity index (χ3v) is 2.53. The largest absolute Gasteiger partial charge is 0.486 e. The van der Waals surface area contributed by atoms with Gasteiger partial charge in [-0.2, -0.15) is 0 Å². The van der Waals surface area contributed by atoms with E-state index in [1.54, 1.807) is 6.20 Å². The van der Waals surface area contributed by atoms with E-state index in [1.807, 2.05) is 34.9 Å². The standard InChI is InChI=1S/C13H17N3O/c1-10(2)16-12(14)8-15-13(16)9-17-11-6-4-3-5-7-11/h3-8,10H,9,14H2,1-2H3. The minimum atomic E-state index is 0.284. The molecule has 90 valence electrons. The summed E-state index contributed by atoms with van der Waals surface area (Å²) in [5.74, 6) is 2.36. The van der Waals surface area contributed by atoms with E-state index in [2.05, 4.69) is 18.8 Å². The maximum Gasteiger partial charge on any atom is 0.148 e. The van der Waals surface area contributed by atoms with Gasteiger partial charge < -0.3 is 15.0 Å². The lowest BCUT2D eigenvalue weighted by atomic mass is 10.3. The van der Waals surface area contributed by atoms with Crippen LogP contribution in [0, 0.1) is 0 Å². The molecule has 0 amide bonds. The van der Waals surface area contributed by atoms with Gasteiger partial charge in [0.2, 0.25) is 0 Å². The zero-order chi connectivity index (χ0) is 12.3. The number of imidazole rings is 1. The molecule has 0 spiro atoms. The number of aromatic nitrogens is 2. The van der Waals surface area contributed by atoms with Crippen LogP contribution >= 0.6 is 0 Å². The summed E-state index contributed by atoms with van der Waals surface area (Å²) in [5, 5.41) is 0. The summed E-state index contributed by atoms with van der Waals surface area (Å²) in [6.07, 6.45) is 1.67. The molecule has 0 radical (unpaired) electrons. The molecule has 1 aromatic carbocycles. The predicted octanol–water partition coefficient (Wildman–Crippen LogP) is 2.63. The Morgan fingerprint density at radius 1 is 1.29 bits per heavy atom. The van der Waals surface area contributed by atoms with Gasteiger partial charge in [-0.05, 0) is 26.0 Å². The Balaban J connectivity index is 2.09. The molecular formula is C13H17N3O. The van der Waals surface area contributed by atoms with Crippen LogP contribution in [0.25, 0.3) is 0 Å². The third kappa shape index (κ3) is 2.58. The Morgan fingerprint density at radius 2 is 2.00 bits per heavy atom. The lowest BCUT2D eigenvalue weighted by Gasteiger charge is -2.13. The van der Waals surface area contributed by atoms with E-state index in [-0.39, 0.29) is 6.04 Å². The number of para-hydroxylation sites is 1. The highest BCUT2D eigenvalue weighted by Gasteiger charge is 2.10. The molecule has 4 nitrogen and oxygen atoms in total. The van der Waals surface area contributed by atoms with Gasteiger partial charge in [-0.15, -0.1) is 0 Å². The van der Waals surface area contributed by atoms with Gasteiger partial charge in [0.15, 0.2) is 0 Å². The molecule has 0 aliphatic carbocycles. The van der Waals surface area contributed by atoms with Crippen LogP contribution in [0.15, 0.2) is 36.5 Å². The Morgan fingerprint density at radius 3 is 2.65 bits per heavy atom. The van der Waals surface area contributed by atoms with Gasteiger partial charge in [0.25, 0.3) is 0 Å². The van der Waals surface area contributed by atoms with E-state index in [1.165, 1.54) is 0 Å². The minimum absolute atomic E-state index is 0.284. The van der Waals surface area contributed by atoms with Crippen molar-refractivity contribution in [2.24, 2.45) is 0 Å². The van der Waals surface area contributed by atoms with Crippen LogP contribution in [0.2, 0.25) is 0 Å². The molecule has 1 heterocycles. The number of hydrogen-bond donors (Lipinski definition) is 1. The molecule has 17 heavy (non-hydrogen) atoms. The second kappa shape index (κ2) is 4.91. The first-order valence-corrected chi connectivity index (χ1v) is 5.68. The first kappa shape index (κ1) is 11.5. The van der Waals surface area contributed by atoms with E-state index < -0.39 is 0 Å². The molecule has 0 aliphatic heterocycles. The number of nitrogens with zero attached hydrogens (tertiary/aromatic N) is 2. The van der Waals surface area contributed by atoms with Crippen LogP contribution in [0.1, 0.15) is 25.7 Å². The summed E-state index contributed by atoms with van der Waals surface area (Å²) in [5.41, 5.74) is 5.86. The van der Waals surface area contributed by atoms with Crippen LogP contribution in [-0.2, 0) is 6.61 Å². The normalized spacial score (nSPS) is 10.8.